The van der Waals surface area contributed by atoms with Gasteiger partial charge in [-0.2, -0.15) is 0 Å². The molecule has 130 valence electrons. The minimum Gasteiger partial charge on any atom is -0.343 e. The first-order valence-electron chi connectivity index (χ1n) is 8.85. The zero-order valence-electron chi connectivity index (χ0n) is 14.2. The third-order valence-electron chi connectivity index (χ3n) is 5.33. The number of hydrogen-bond acceptors (Lipinski definition) is 2. The van der Waals surface area contributed by atoms with Crippen molar-refractivity contribution >= 4 is 11.8 Å². The molecule has 1 aromatic rings. The molecule has 2 aliphatic heterocycles. The van der Waals surface area contributed by atoms with E-state index in [0.29, 0.717) is 13.1 Å². The highest BCUT2D eigenvalue weighted by atomic mass is 19.1. The van der Waals surface area contributed by atoms with Gasteiger partial charge in [0.05, 0.1) is 0 Å². The molecule has 0 spiro atoms. The summed E-state index contributed by atoms with van der Waals surface area (Å²) in [4.78, 5) is 28.2. The van der Waals surface area contributed by atoms with Crippen LogP contribution in [-0.4, -0.2) is 47.3 Å². The Kier molecular flexibility index (Phi) is 5.17. The minimum atomic E-state index is -0.227. The van der Waals surface area contributed by atoms with Crippen LogP contribution >= 0.6 is 0 Å². The highest BCUT2D eigenvalue weighted by Crippen LogP contribution is 2.27. The maximum absolute atomic E-state index is 13.0. The van der Waals surface area contributed by atoms with E-state index in [0.717, 1.165) is 44.2 Å². The molecule has 4 nitrogen and oxygen atoms in total. The lowest BCUT2D eigenvalue weighted by Crippen LogP contribution is -2.45. The molecule has 1 aromatic carbocycles. The molecule has 2 aliphatic rings. The maximum Gasteiger partial charge on any atom is 0.226 e. The second-order valence-corrected chi connectivity index (χ2v) is 6.94. The Hall–Kier alpha value is -1.91. The van der Waals surface area contributed by atoms with E-state index >= 15 is 0 Å². The topological polar surface area (TPSA) is 40.6 Å². The Morgan fingerprint density at radius 1 is 1.08 bits per heavy atom. The first-order valence-corrected chi connectivity index (χ1v) is 8.85. The van der Waals surface area contributed by atoms with E-state index in [2.05, 4.69) is 0 Å². The molecule has 5 heteroatoms. The SMILES string of the molecule is CC(=O)N1CCC(C(=O)N2CCCC2Cc2ccc(F)cc2)CC1. The molecule has 24 heavy (non-hydrogen) atoms. The zero-order chi connectivity index (χ0) is 17.1. The van der Waals surface area contributed by atoms with Crippen LogP contribution in [0.5, 0.6) is 0 Å². The van der Waals surface area contributed by atoms with Gasteiger partial charge in [0.2, 0.25) is 11.8 Å². The Labute approximate surface area is 142 Å². The summed E-state index contributed by atoms with van der Waals surface area (Å²) >= 11 is 0. The highest BCUT2D eigenvalue weighted by Gasteiger charge is 2.34. The van der Waals surface area contributed by atoms with Crippen molar-refractivity contribution in [3.63, 3.8) is 0 Å². The number of rotatable bonds is 3. The summed E-state index contributed by atoms with van der Waals surface area (Å²) in [5, 5.41) is 0. The Balaban J connectivity index is 1.59. The van der Waals surface area contributed by atoms with Gasteiger partial charge in [-0.3, -0.25) is 9.59 Å². The molecule has 2 saturated heterocycles. The van der Waals surface area contributed by atoms with Crippen LogP contribution in [0.15, 0.2) is 24.3 Å². The molecular weight excluding hydrogens is 307 g/mol. The smallest absolute Gasteiger partial charge is 0.226 e. The van der Waals surface area contributed by atoms with Gasteiger partial charge in [-0.05, 0) is 49.8 Å². The minimum absolute atomic E-state index is 0.0365. The van der Waals surface area contributed by atoms with E-state index in [4.69, 9.17) is 0 Å². The van der Waals surface area contributed by atoms with Crippen molar-refractivity contribution in [3.8, 4) is 0 Å². The van der Waals surface area contributed by atoms with Crippen LogP contribution in [-0.2, 0) is 16.0 Å². The highest BCUT2D eigenvalue weighted by molar-refractivity contribution is 5.80. The number of likely N-dealkylation sites (tertiary alicyclic amines) is 2. The molecule has 2 fully saturated rings. The largest absolute Gasteiger partial charge is 0.343 e. The van der Waals surface area contributed by atoms with Crippen LogP contribution in [0.25, 0.3) is 0 Å². The molecule has 0 aromatic heterocycles. The summed E-state index contributed by atoms with van der Waals surface area (Å²) in [6.45, 7) is 3.77. The van der Waals surface area contributed by atoms with Gasteiger partial charge in [0.1, 0.15) is 5.82 Å². The van der Waals surface area contributed by atoms with Gasteiger partial charge in [0.25, 0.3) is 0 Å². The predicted octanol–water partition coefficient (Wildman–Crippen LogP) is 2.62. The number of benzene rings is 1. The van der Waals surface area contributed by atoms with Gasteiger partial charge in [0.15, 0.2) is 0 Å². The summed E-state index contributed by atoms with van der Waals surface area (Å²) in [5.74, 6) is 0.142. The van der Waals surface area contributed by atoms with E-state index < -0.39 is 0 Å². The van der Waals surface area contributed by atoms with E-state index in [1.807, 2.05) is 21.9 Å². The lowest BCUT2D eigenvalue weighted by atomic mass is 9.94. The predicted molar refractivity (Wildman–Crippen MR) is 89.8 cm³/mol. The molecule has 1 unspecified atom stereocenters. The molecule has 0 saturated carbocycles. The average Bonchev–Trinajstić information content (AvgIpc) is 3.04. The van der Waals surface area contributed by atoms with E-state index in [9.17, 15) is 14.0 Å². The second kappa shape index (κ2) is 7.32. The number of amides is 2. The van der Waals surface area contributed by atoms with Crippen molar-refractivity contribution in [1.29, 1.82) is 0 Å². The number of halogens is 1. The van der Waals surface area contributed by atoms with Gasteiger partial charge in [-0.25, -0.2) is 4.39 Å². The molecule has 3 rings (SSSR count). The molecule has 1 atom stereocenters. The van der Waals surface area contributed by atoms with Crippen LogP contribution in [0.1, 0.15) is 38.2 Å². The van der Waals surface area contributed by atoms with Crippen molar-refractivity contribution in [3.05, 3.63) is 35.6 Å². The fourth-order valence-corrected chi connectivity index (χ4v) is 3.91. The van der Waals surface area contributed by atoms with Gasteiger partial charge in [0, 0.05) is 38.5 Å². The fourth-order valence-electron chi connectivity index (χ4n) is 3.91. The Bertz CT molecular complexity index is 594. The van der Waals surface area contributed by atoms with Crippen molar-refractivity contribution in [1.82, 2.24) is 9.80 Å². The van der Waals surface area contributed by atoms with E-state index in [1.165, 1.54) is 12.1 Å². The first-order chi connectivity index (χ1) is 11.5. The van der Waals surface area contributed by atoms with Crippen LogP contribution in [0, 0.1) is 11.7 Å². The molecule has 2 heterocycles. The summed E-state index contributed by atoms with van der Waals surface area (Å²) in [6.07, 6.45) is 4.36. The van der Waals surface area contributed by atoms with Crippen molar-refractivity contribution in [2.75, 3.05) is 19.6 Å². The summed E-state index contributed by atoms with van der Waals surface area (Å²) in [7, 11) is 0. The monoisotopic (exact) mass is 332 g/mol. The quantitative estimate of drug-likeness (QED) is 0.854. The van der Waals surface area contributed by atoms with Crippen LogP contribution in [0.2, 0.25) is 0 Å². The van der Waals surface area contributed by atoms with Crippen molar-refractivity contribution in [2.24, 2.45) is 5.92 Å². The van der Waals surface area contributed by atoms with Crippen LogP contribution in [0.3, 0.4) is 0 Å². The number of hydrogen-bond donors (Lipinski definition) is 0. The van der Waals surface area contributed by atoms with Crippen LogP contribution in [0.4, 0.5) is 4.39 Å². The number of nitrogens with zero attached hydrogens (tertiary/aromatic N) is 2. The molecule has 2 amide bonds. The lowest BCUT2D eigenvalue weighted by Gasteiger charge is -2.34. The molecule has 0 bridgehead atoms. The van der Waals surface area contributed by atoms with Gasteiger partial charge in [-0.15, -0.1) is 0 Å². The van der Waals surface area contributed by atoms with Gasteiger partial charge in [-0.1, -0.05) is 12.1 Å². The Morgan fingerprint density at radius 3 is 2.38 bits per heavy atom. The normalized spacial score (nSPS) is 22.0. The first kappa shape index (κ1) is 16.9. The van der Waals surface area contributed by atoms with Gasteiger partial charge < -0.3 is 9.80 Å². The van der Waals surface area contributed by atoms with Crippen LogP contribution < -0.4 is 0 Å². The molecule has 0 N–H and O–H groups in total. The number of piperidine rings is 1. The second-order valence-electron chi connectivity index (χ2n) is 6.94. The average molecular weight is 332 g/mol. The Morgan fingerprint density at radius 2 is 1.75 bits per heavy atom. The van der Waals surface area contributed by atoms with Crippen molar-refractivity contribution in [2.45, 2.75) is 45.1 Å². The summed E-state index contributed by atoms with van der Waals surface area (Å²) < 4.78 is 13.0. The third-order valence-corrected chi connectivity index (χ3v) is 5.33. The lowest BCUT2D eigenvalue weighted by molar-refractivity contribution is -0.140. The standard InChI is InChI=1S/C19H25FN2O2/c1-14(23)21-11-8-16(9-12-21)19(24)22-10-2-3-18(22)13-15-4-6-17(20)7-5-15/h4-7,16,18H,2-3,8-13H2,1H3. The number of carbonyl (C=O) groups is 2. The van der Waals surface area contributed by atoms with E-state index in [-0.39, 0.29) is 29.6 Å². The van der Waals surface area contributed by atoms with Crippen molar-refractivity contribution < 1.29 is 14.0 Å². The summed E-state index contributed by atoms with van der Waals surface area (Å²) in [6, 6.07) is 6.79. The zero-order valence-corrected chi connectivity index (χ0v) is 14.2. The van der Waals surface area contributed by atoms with E-state index in [1.54, 1.807) is 6.92 Å². The molecular formula is C19H25FN2O2. The third kappa shape index (κ3) is 3.77. The molecule has 0 aliphatic carbocycles. The fraction of sp³-hybridized carbons (Fsp3) is 0.579. The summed E-state index contributed by atoms with van der Waals surface area (Å²) in [5.41, 5.74) is 1.08. The maximum atomic E-state index is 13.0. The molecule has 0 radical (unpaired) electrons. The van der Waals surface area contributed by atoms with Gasteiger partial charge >= 0.3 is 0 Å². The number of carbonyl (C=O) groups excluding carboxylic acids is 2.